The van der Waals surface area contributed by atoms with Crippen LogP contribution in [0.4, 0.5) is 0 Å². The lowest BCUT2D eigenvalue weighted by Gasteiger charge is -2.36. The third-order valence-corrected chi connectivity index (χ3v) is 4.53. The number of hydrogen-bond acceptors (Lipinski definition) is 3. The minimum Gasteiger partial charge on any atom is -0.389 e. The molecular weight excluding hydrogens is 268 g/mol. The van der Waals surface area contributed by atoms with Crippen LogP contribution in [0, 0.1) is 12.8 Å². The van der Waals surface area contributed by atoms with Crippen LogP contribution in [-0.2, 0) is 11.3 Å². The molecule has 0 saturated carbocycles. The minimum atomic E-state index is 0.347. The van der Waals surface area contributed by atoms with Crippen LogP contribution in [0.2, 0.25) is 0 Å². The van der Waals surface area contributed by atoms with Gasteiger partial charge in [-0.15, -0.1) is 0 Å². The van der Waals surface area contributed by atoms with Gasteiger partial charge in [0.25, 0.3) is 0 Å². The summed E-state index contributed by atoms with van der Waals surface area (Å²) in [5, 5.41) is 0. The Morgan fingerprint density at radius 2 is 2.25 bits per heavy atom. The van der Waals surface area contributed by atoms with Crippen LogP contribution in [0.15, 0.2) is 18.2 Å². The third kappa shape index (κ3) is 3.57. The molecule has 2 N–H and O–H groups in total. The van der Waals surface area contributed by atoms with E-state index in [2.05, 4.69) is 30.9 Å². The van der Waals surface area contributed by atoms with E-state index in [4.69, 9.17) is 22.7 Å². The van der Waals surface area contributed by atoms with E-state index in [9.17, 15) is 0 Å². The average molecular weight is 292 g/mol. The van der Waals surface area contributed by atoms with Crippen molar-refractivity contribution in [3.05, 3.63) is 34.9 Å². The van der Waals surface area contributed by atoms with Gasteiger partial charge in [0.05, 0.1) is 6.10 Å². The molecule has 1 aliphatic rings. The van der Waals surface area contributed by atoms with E-state index < -0.39 is 0 Å². The Hall–Kier alpha value is -0.970. The monoisotopic (exact) mass is 292 g/mol. The van der Waals surface area contributed by atoms with E-state index >= 15 is 0 Å². The summed E-state index contributed by atoms with van der Waals surface area (Å²) in [6.45, 7) is 7.51. The number of thiocarbonyl (C=S) groups is 1. The first-order valence-corrected chi connectivity index (χ1v) is 7.56. The normalized spacial score (nSPS) is 23.8. The number of methoxy groups -OCH3 is 1. The maximum absolute atomic E-state index is 5.67. The van der Waals surface area contributed by atoms with Gasteiger partial charge in [-0.2, -0.15) is 0 Å². The highest BCUT2D eigenvalue weighted by Gasteiger charge is 2.26. The SMILES string of the molecule is COC1CN(Cc2ccc(C(N)=S)cc2C)CCC1C. The van der Waals surface area contributed by atoms with Crippen LogP contribution in [0.25, 0.3) is 0 Å². The average Bonchev–Trinajstić information content (AvgIpc) is 2.42. The molecule has 3 nitrogen and oxygen atoms in total. The molecule has 0 radical (unpaired) electrons. The van der Waals surface area contributed by atoms with Crippen LogP contribution in [0.5, 0.6) is 0 Å². The number of ether oxygens (including phenoxy) is 1. The Morgan fingerprint density at radius 3 is 2.85 bits per heavy atom. The van der Waals surface area contributed by atoms with Crippen LogP contribution >= 0.6 is 12.2 Å². The highest BCUT2D eigenvalue weighted by Crippen LogP contribution is 2.22. The van der Waals surface area contributed by atoms with E-state index in [-0.39, 0.29) is 0 Å². The predicted molar refractivity (Wildman–Crippen MR) is 86.9 cm³/mol. The van der Waals surface area contributed by atoms with Crippen molar-refractivity contribution >= 4 is 17.2 Å². The van der Waals surface area contributed by atoms with Crippen molar-refractivity contribution in [1.29, 1.82) is 0 Å². The molecule has 0 bridgehead atoms. The van der Waals surface area contributed by atoms with Gasteiger partial charge < -0.3 is 10.5 Å². The van der Waals surface area contributed by atoms with E-state index in [1.54, 1.807) is 0 Å². The van der Waals surface area contributed by atoms with Crippen LogP contribution in [-0.4, -0.2) is 36.2 Å². The summed E-state index contributed by atoms with van der Waals surface area (Å²) in [6.07, 6.45) is 1.54. The van der Waals surface area contributed by atoms with Gasteiger partial charge in [-0.1, -0.05) is 31.3 Å². The summed E-state index contributed by atoms with van der Waals surface area (Å²) in [5.41, 5.74) is 9.22. The molecule has 1 aliphatic heterocycles. The Morgan fingerprint density at radius 1 is 1.50 bits per heavy atom. The van der Waals surface area contributed by atoms with E-state index in [0.717, 1.165) is 25.2 Å². The van der Waals surface area contributed by atoms with Crippen molar-refractivity contribution in [3.8, 4) is 0 Å². The molecule has 1 fully saturated rings. The Balaban J connectivity index is 2.05. The first kappa shape index (κ1) is 15.4. The number of aryl methyl sites for hydroxylation is 1. The number of benzene rings is 1. The molecule has 1 saturated heterocycles. The van der Waals surface area contributed by atoms with Crippen molar-refractivity contribution in [2.45, 2.75) is 32.9 Å². The third-order valence-electron chi connectivity index (χ3n) is 4.30. The second-order valence-electron chi connectivity index (χ2n) is 5.78. The van der Waals surface area contributed by atoms with Crippen molar-refractivity contribution < 1.29 is 4.74 Å². The summed E-state index contributed by atoms with van der Waals surface area (Å²) in [4.78, 5) is 2.93. The summed E-state index contributed by atoms with van der Waals surface area (Å²) in [6, 6.07) is 6.24. The molecule has 110 valence electrons. The molecule has 1 aromatic carbocycles. The quantitative estimate of drug-likeness (QED) is 0.865. The van der Waals surface area contributed by atoms with E-state index in [1.165, 1.54) is 17.5 Å². The van der Waals surface area contributed by atoms with Crippen molar-refractivity contribution in [1.82, 2.24) is 4.90 Å². The zero-order valence-corrected chi connectivity index (χ0v) is 13.4. The molecule has 1 aromatic rings. The van der Waals surface area contributed by atoms with Crippen molar-refractivity contribution in [2.75, 3.05) is 20.2 Å². The number of nitrogens with two attached hydrogens (primary N) is 1. The molecule has 2 unspecified atom stereocenters. The Labute approximate surface area is 127 Å². The minimum absolute atomic E-state index is 0.347. The van der Waals surface area contributed by atoms with Crippen molar-refractivity contribution in [3.63, 3.8) is 0 Å². The molecule has 0 amide bonds. The van der Waals surface area contributed by atoms with Gasteiger partial charge in [0.2, 0.25) is 0 Å². The predicted octanol–water partition coefficient (Wildman–Crippen LogP) is 2.49. The largest absolute Gasteiger partial charge is 0.389 e. The lowest BCUT2D eigenvalue weighted by Crippen LogP contribution is -2.43. The lowest BCUT2D eigenvalue weighted by atomic mass is 9.95. The molecule has 1 heterocycles. The number of nitrogens with zero attached hydrogens (tertiary/aromatic N) is 1. The number of likely N-dealkylation sites (tertiary alicyclic amines) is 1. The maximum Gasteiger partial charge on any atom is 0.103 e. The highest BCUT2D eigenvalue weighted by atomic mass is 32.1. The molecule has 4 heteroatoms. The molecule has 20 heavy (non-hydrogen) atoms. The second kappa shape index (κ2) is 6.66. The first-order chi connectivity index (χ1) is 9.51. The van der Waals surface area contributed by atoms with Gasteiger partial charge >= 0.3 is 0 Å². The molecule has 0 aliphatic carbocycles. The molecule has 2 rings (SSSR count). The van der Waals surface area contributed by atoms with Gasteiger partial charge in [-0.3, -0.25) is 4.90 Å². The molecular formula is C16H24N2OS. The van der Waals surface area contributed by atoms with Crippen LogP contribution in [0.3, 0.4) is 0 Å². The van der Waals surface area contributed by atoms with Gasteiger partial charge in [0, 0.05) is 25.8 Å². The standard InChI is InChI=1S/C16H24N2OS/c1-11-6-7-18(10-15(11)19-3)9-14-5-4-13(16(17)20)8-12(14)2/h4-5,8,11,15H,6-7,9-10H2,1-3H3,(H2,17,20). The summed E-state index contributed by atoms with van der Waals surface area (Å²) >= 11 is 5.02. The number of piperidine rings is 1. The van der Waals surface area contributed by atoms with Crippen LogP contribution < -0.4 is 5.73 Å². The second-order valence-corrected chi connectivity index (χ2v) is 6.22. The maximum atomic E-state index is 5.67. The van der Waals surface area contributed by atoms with Crippen molar-refractivity contribution in [2.24, 2.45) is 11.7 Å². The van der Waals surface area contributed by atoms with Crippen LogP contribution in [0.1, 0.15) is 30.0 Å². The van der Waals surface area contributed by atoms with Gasteiger partial charge in [-0.05, 0) is 43.0 Å². The highest BCUT2D eigenvalue weighted by molar-refractivity contribution is 7.80. The fourth-order valence-electron chi connectivity index (χ4n) is 2.82. The van der Waals surface area contributed by atoms with Gasteiger partial charge in [0.1, 0.15) is 4.99 Å². The van der Waals surface area contributed by atoms with Gasteiger partial charge in [-0.25, -0.2) is 0 Å². The summed E-state index contributed by atoms with van der Waals surface area (Å²) in [5.74, 6) is 0.648. The zero-order chi connectivity index (χ0) is 14.7. The van der Waals surface area contributed by atoms with E-state index in [1.807, 2.05) is 13.2 Å². The smallest absolute Gasteiger partial charge is 0.103 e. The number of rotatable bonds is 4. The number of hydrogen-bond donors (Lipinski definition) is 1. The molecule has 0 spiro atoms. The Kier molecular flexibility index (Phi) is 5.13. The zero-order valence-electron chi connectivity index (χ0n) is 12.6. The summed E-state index contributed by atoms with van der Waals surface area (Å²) in [7, 11) is 1.81. The lowest BCUT2D eigenvalue weighted by molar-refractivity contribution is -0.00749. The summed E-state index contributed by atoms with van der Waals surface area (Å²) < 4.78 is 5.58. The fourth-order valence-corrected chi connectivity index (χ4v) is 2.94. The first-order valence-electron chi connectivity index (χ1n) is 7.15. The van der Waals surface area contributed by atoms with E-state index in [0.29, 0.717) is 17.0 Å². The Bertz CT molecular complexity index is 489. The van der Waals surface area contributed by atoms with Gasteiger partial charge in [0.15, 0.2) is 0 Å². The fraction of sp³-hybridized carbons (Fsp3) is 0.562. The topological polar surface area (TPSA) is 38.5 Å². The molecule has 0 aromatic heterocycles. The molecule has 2 atom stereocenters.